The van der Waals surface area contributed by atoms with E-state index >= 15 is 0 Å². The van der Waals surface area contributed by atoms with Gasteiger partial charge in [-0.15, -0.1) is 0 Å². The van der Waals surface area contributed by atoms with Gasteiger partial charge in [0.25, 0.3) is 5.91 Å². The number of aliphatic hydroxyl groups is 2. The number of halogens is 1. The molecular weight excluding hydrogens is 296 g/mol. The van der Waals surface area contributed by atoms with Gasteiger partial charge in [0.2, 0.25) is 5.91 Å². The molecule has 7 heteroatoms. The van der Waals surface area contributed by atoms with E-state index in [2.05, 4.69) is 10.6 Å². The van der Waals surface area contributed by atoms with E-state index < -0.39 is 17.4 Å². The monoisotopic (exact) mass is 314 g/mol. The van der Waals surface area contributed by atoms with E-state index in [9.17, 15) is 19.8 Å². The minimum atomic E-state index is -1.07. The topological polar surface area (TPSA) is 98.7 Å². The first-order valence-electron chi connectivity index (χ1n) is 6.53. The predicted molar refractivity (Wildman–Crippen MR) is 79.1 cm³/mol. The van der Waals surface area contributed by atoms with Crippen LogP contribution in [0.3, 0.4) is 0 Å². The summed E-state index contributed by atoms with van der Waals surface area (Å²) in [6.45, 7) is 0.732. The SMILES string of the molecule is CCC(CO)(CO)NC(=O)CNC(=O)c1ccc(Cl)cc1. The van der Waals surface area contributed by atoms with Crippen molar-refractivity contribution in [2.45, 2.75) is 18.9 Å². The Balaban J connectivity index is 2.53. The van der Waals surface area contributed by atoms with Crippen molar-refractivity contribution in [3.63, 3.8) is 0 Å². The Labute approximate surface area is 128 Å². The van der Waals surface area contributed by atoms with Gasteiger partial charge in [-0.3, -0.25) is 9.59 Å². The summed E-state index contributed by atoms with van der Waals surface area (Å²) >= 11 is 5.72. The van der Waals surface area contributed by atoms with E-state index in [0.29, 0.717) is 17.0 Å². The van der Waals surface area contributed by atoms with Crippen molar-refractivity contribution in [2.75, 3.05) is 19.8 Å². The largest absolute Gasteiger partial charge is 0.394 e. The first-order valence-corrected chi connectivity index (χ1v) is 6.90. The third-order valence-electron chi connectivity index (χ3n) is 3.20. The van der Waals surface area contributed by atoms with Gasteiger partial charge in [0.15, 0.2) is 0 Å². The molecule has 1 aromatic carbocycles. The average molecular weight is 315 g/mol. The molecule has 1 aromatic rings. The van der Waals surface area contributed by atoms with Gasteiger partial charge in [-0.25, -0.2) is 0 Å². The van der Waals surface area contributed by atoms with Gasteiger partial charge in [0.1, 0.15) is 0 Å². The summed E-state index contributed by atoms with van der Waals surface area (Å²) in [6, 6.07) is 6.26. The summed E-state index contributed by atoms with van der Waals surface area (Å²) < 4.78 is 0. The van der Waals surface area contributed by atoms with E-state index in [1.165, 1.54) is 0 Å². The smallest absolute Gasteiger partial charge is 0.251 e. The lowest BCUT2D eigenvalue weighted by Gasteiger charge is -2.29. The summed E-state index contributed by atoms with van der Waals surface area (Å²) in [7, 11) is 0. The summed E-state index contributed by atoms with van der Waals surface area (Å²) in [4.78, 5) is 23.6. The van der Waals surface area contributed by atoms with Crippen LogP contribution < -0.4 is 10.6 Å². The van der Waals surface area contributed by atoms with Gasteiger partial charge in [0.05, 0.1) is 25.3 Å². The van der Waals surface area contributed by atoms with E-state index in [-0.39, 0.29) is 19.8 Å². The Kier molecular flexibility index (Phi) is 6.61. The van der Waals surface area contributed by atoms with Crippen molar-refractivity contribution < 1.29 is 19.8 Å². The highest BCUT2D eigenvalue weighted by atomic mass is 35.5. The molecule has 0 bridgehead atoms. The number of aliphatic hydroxyl groups excluding tert-OH is 2. The first kappa shape index (κ1) is 17.4. The lowest BCUT2D eigenvalue weighted by molar-refractivity contribution is -0.123. The molecule has 0 saturated carbocycles. The lowest BCUT2D eigenvalue weighted by atomic mass is 9.98. The Morgan fingerprint density at radius 3 is 2.24 bits per heavy atom. The fourth-order valence-electron chi connectivity index (χ4n) is 1.64. The van der Waals surface area contributed by atoms with Crippen LogP contribution in [0.4, 0.5) is 0 Å². The third kappa shape index (κ3) is 5.00. The minimum Gasteiger partial charge on any atom is -0.394 e. The number of hydrogen-bond acceptors (Lipinski definition) is 4. The van der Waals surface area contributed by atoms with Crippen LogP contribution >= 0.6 is 11.6 Å². The summed E-state index contributed by atoms with van der Waals surface area (Å²) in [5.74, 6) is -0.890. The molecular formula is C14H19ClN2O4. The van der Waals surface area contributed by atoms with Crippen LogP contribution in [0.2, 0.25) is 5.02 Å². The number of carbonyl (C=O) groups excluding carboxylic acids is 2. The van der Waals surface area contributed by atoms with Crippen molar-refractivity contribution in [3.8, 4) is 0 Å². The Morgan fingerprint density at radius 2 is 1.76 bits per heavy atom. The Bertz CT molecular complexity index is 478. The maximum Gasteiger partial charge on any atom is 0.251 e. The molecule has 0 saturated heterocycles. The highest BCUT2D eigenvalue weighted by Gasteiger charge is 2.28. The van der Waals surface area contributed by atoms with Gasteiger partial charge < -0.3 is 20.8 Å². The molecule has 2 amide bonds. The molecule has 0 unspecified atom stereocenters. The number of benzene rings is 1. The molecule has 4 N–H and O–H groups in total. The number of hydrogen-bond donors (Lipinski definition) is 4. The molecule has 6 nitrogen and oxygen atoms in total. The van der Waals surface area contributed by atoms with Crippen molar-refractivity contribution in [1.82, 2.24) is 10.6 Å². The highest BCUT2D eigenvalue weighted by Crippen LogP contribution is 2.09. The van der Waals surface area contributed by atoms with Gasteiger partial charge >= 0.3 is 0 Å². The second-order valence-corrected chi connectivity index (χ2v) is 5.12. The normalized spacial score (nSPS) is 11.0. The second kappa shape index (κ2) is 7.97. The van der Waals surface area contributed by atoms with Gasteiger partial charge in [0, 0.05) is 10.6 Å². The van der Waals surface area contributed by atoms with E-state index in [1.807, 2.05) is 0 Å². The predicted octanol–water partition coefficient (Wildman–Crippen LogP) is 0.319. The molecule has 0 aliphatic heterocycles. The van der Waals surface area contributed by atoms with Gasteiger partial charge in [-0.2, -0.15) is 0 Å². The van der Waals surface area contributed by atoms with Crippen LogP contribution in [-0.4, -0.2) is 47.3 Å². The van der Waals surface area contributed by atoms with Crippen molar-refractivity contribution >= 4 is 23.4 Å². The number of carbonyl (C=O) groups is 2. The van der Waals surface area contributed by atoms with Gasteiger partial charge in [-0.1, -0.05) is 18.5 Å². The fraction of sp³-hybridized carbons (Fsp3) is 0.429. The maximum absolute atomic E-state index is 11.8. The standard InChI is InChI=1S/C14H19ClN2O4/c1-2-14(8-18,9-19)17-12(20)7-16-13(21)10-3-5-11(15)6-4-10/h3-6,18-19H,2,7-9H2,1H3,(H,16,21)(H,17,20). The maximum atomic E-state index is 11.8. The Morgan fingerprint density at radius 1 is 1.19 bits per heavy atom. The zero-order chi connectivity index (χ0) is 15.9. The highest BCUT2D eigenvalue weighted by molar-refractivity contribution is 6.30. The van der Waals surface area contributed by atoms with Crippen LogP contribution in [-0.2, 0) is 4.79 Å². The summed E-state index contributed by atoms with van der Waals surface area (Å²) in [6.07, 6.45) is 0.372. The van der Waals surface area contributed by atoms with Crippen molar-refractivity contribution in [3.05, 3.63) is 34.9 Å². The average Bonchev–Trinajstić information content (AvgIpc) is 2.51. The summed E-state index contributed by atoms with van der Waals surface area (Å²) in [5, 5.41) is 24.0. The van der Waals surface area contributed by atoms with E-state index in [4.69, 9.17) is 11.6 Å². The molecule has 116 valence electrons. The first-order chi connectivity index (χ1) is 9.96. The summed E-state index contributed by atoms with van der Waals surface area (Å²) in [5.41, 5.74) is -0.680. The minimum absolute atomic E-state index is 0.247. The number of amides is 2. The molecule has 1 rings (SSSR count). The van der Waals surface area contributed by atoms with Crippen LogP contribution in [0, 0.1) is 0 Å². The lowest BCUT2D eigenvalue weighted by Crippen LogP contribution is -2.55. The fourth-order valence-corrected chi connectivity index (χ4v) is 1.77. The van der Waals surface area contributed by atoms with Crippen LogP contribution in [0.25, 0.3) is 0 Å². The molecule has 0 aliphatic rings. The van der Waals surface area contributed by atoms with Crippen molar-refractivity contribution in [1.29, 1.82) is 0 Å². The van der Waals surface area contributed by atoms with E-state index in [1.54, 1.807) is 31.2 Å². The quantitative estimate of drug-likeness (QED) is 0.582. The molecule has 0 radical (unpaired) electrons. The molecule has 0 aliphatic carbocycles. The molecule has 0 fully saturated rings. The number of rotatable bonds is 7. The molecule has 0 heterocycles. The van der Waals surface area contributed by atoms with Crippen LogP contribution in [0.15, 0.2) is 24.3 Å². The van der Waals surface area contributed by atoms with Crippen molar-refractivity contribution in [2.24, 2.45) is 0 Å². The molecule has 0 atom stereocenters. The molecule has 0 aromatic heterocycles. The number of nitrogens with one attached hydrogen (secondary N) is 2. The molecule has 0 spiro atoms. The Hall–Kier alpha value is -1.63. The van der Waals surface area contributed by atoms with Gasteiger partial charge in [-0.05, 0) is 30.7 Å². The zero-order valence-electron chi connectivity index (χ0n) is 11.7. The molecule has 21 heavy (non-hydrogen) atoms. The van der Waals surface area contributed by atoms with E-state index in [0.717, 1.165) is 0 Å². The zero-order valence-corrected chi connectivity index (χ0v) is 12.5. The van der Waals surface area contributed by atoms with Crippen LogP contribution in [0.5, 0.6) is 0 Å². The third-order valence-corrected chi connectivity index (χ3v) is 3.45. The van der Waals surface area contributed by atoms with Crippen LogP contribution in [0.1, 0.15) is 23.7 Å². The second-order valence-electron chi connectivity index (χ2n) is 4.69.